The van der Waals surface area contributed by atoms with Crippen molar-refractivity contribution in [3.63, 3.8) is 0 Å². The van der Waals surface area contributed by atoms with E-state index in [9.17, 15) is 5.11 Å². The van der Waals surface area contributed by atoms with Gasteiger partial charge in [0.25, 0.3) is 0 Å². The lowest BCUT2D eigenvalue weighted by molar-refractivity contribution is 0.185. The Bertz CT molecular complexity index is 886. The van der Waals surface area contributed by atoms with Crippen LogP contribution in [0.15, 0.2) is 65.1 Å². The van der Waals surface area contributed by atoms with Crippen molar-refractivity contribution in [2.45, 2.75) is 25.3 Å². The number of hydrogen-bond acceptors (Lipinski definition) is 2. The number of rotatable bonds is 3. The average molecular weight is 396 g/mol. The van der Waals surface area contributed by atoms with Gasteiger partial charge in [0.05, 0.1) is 6.04 Å². The molecule has 0 aromatic heterocycles. The SMILES string of the molecule is Oc1ccc2ccccc2c1C(c1ccccc1Br)N1CCCCC1. The molecule has 0 amide bonds. The lowest BCUT2D eigenvalue weighted by Crippen LogP contribution is -2.34. The quantitative estimate of drug-likeness (QED) is 0.597. The van der Waals surface area contributed by atoms with E-state index in [0.29, 0.717) is 5.75 Å². The summed E-state index contributed by atoms with van der Waals surface area (Å²) in [5.74, 6) is 0.380. The van der Waals surface area contributed by atoms with E-state index in [1.807, 2.05) is 18.2 Å². The van der Waals surface area contributed by atoms with Crippen LogP contribution in [-0.2, 0) is 0 Å². The zero-order chi connectivity index (χ0) is 17.2. The summed E-state index contributed by atoms with van der Waals surface area (Å²) in [6.45, 7) is 2.13. The summed E-state index contributed by atoms with van der Waals surface area (Å²) in [7, 11) is 0. The standard InChI is InChI=1S/C22H22BrNO/c23-19-11-5-4-10-18(19)22(24-14-6-1-7-15-24)21-17-9-3-2-8-16(17)12-13-20(21)25/h2-5,8-13,22,25H,1,6-7,14-15H2. The fourth-order valence-corrected chi connectivity index (χ4v) is 4.48. The molecule has 0 bridgehead atoms. The van der Waals surface area contributed by atoms with Gasteiger partial charge in [-0.05, 0) is 54.4 Å². The topological polar surface area (TPSA) is 23.5 Å². The minimum Gasteiger partial charge on any atom is -0.508 e. The monoisotopic (exact) mass is 395 g/mol. The van der Waals surface area contributed by atoms with Crippen molar-refractivity contribution in [2.75, 3.05) is 13.1 Å². The van der Waals surface area contributed by atoms with Gasteiger partial charge in [0.2, 0.25) is 0 Å². The van der Waals surface area contributed by atoms with E-state index >= 15 is 0 Å². The summed E-state index contributed by atoms with van der Waals surface area (Å²) < 4.78 is 1.10. The van der Waals surface area contributed by atoms with Gasteiger partial charge < -0.3 is 5.11 Å². The summed E-state index contributed by atoms with van der Waals surface area (Å²) in [5, 5.41) is 13.1. The normalized spacial score (nSPS) is 16.8. The fourth-order valence-electron chi connectivity index (χ4n) is 3.98. The second-order valence-corrected chi connectivity index (χ2v) is 7.59. The molecule has 2 nitrogen and oxygen atoms in total. The van der Waals surface area contributed by atoms with Crippen LogP contribution in [0.4, 0.5) is 0 Å². The van der Waals surface area contributed by atoms with Crippen LogP contribution in [0.25, 0.3) is 10.8 Å². The molecule has 128 valence electrons. The molecular formula is C22H22BrNO. The van der Waals surface area contributed by atoms with Crippen molar-refractivity contribution in [1.82, 2.24) is 4.90 Å². The van der Waals surface area contributed by atoms with Crippen LogP contribution in [-0.4, -0.2) is 23.1 Å². The van der Waals surface area contributed by atoms with Gasteiger partial charge >= 0.3 is 0 Å². The van der Waals surface area contributed by atoms with Crippen molar-refractivity contribution in [2.24, 2.45) is 0 Å². The number of halogens is 1. The molecular weight excluding hydrogens is 374 g/mol. The van der Waals surface area contributed by atoms with E-state index in [1.54, 1.807) is 0 Å². The Morgan fingerprint density at radius 1 is 0.840 bits per heavy atom. The number of phenolic OH excluding ortho intramolecular Hbond substituents is 1. The maximum absolute atomic E-state index is 10.8. The highest BCUT2D eigenvalue weighted by atomic mass is 79.9. The molecule has 3 heteroatoms. The van der Waals surface area contributed by atoms with Crippen molar-refractivity contribution >= 4 is 26.7 Å². The van der Waals surface area contributed by atoms with Crippen LogP contribution < -0.4 is 0 Å². The Morgan fingerprint density at radius 2 is 1.56 bits per heavy atom. The summed E-state index contributed by atoms with van der Waals surface area (Å²) in [6.07, 6.45) is 3.72. The number of nitrogens with zero attached hydrogens (tertiary/aromatic N) is 1. The third kappa shape index (κ3) is 3.19. The first kappa shape index (κ1) is 16.6. The number of aromatic hydroxyl groups is 1. The van der Waals surface area contributed by atoms with Crippen molar-refractivity contribution in [3.05, 3.63) is 76.3 Å². The number of hydrogen-bond donors (Lipinski definition) is 1. The van der Waals surface area contributed by atoms with E-state index in [4.69, 9.17) is 0 Å². The Kier molecular flexibility index (Phi) is 4.78. The first-order valence-electron chi connectivity index (χ1n) is 8.95. The maximum Gasteiger partial charge on any atom is 0.121 e. The minimum atomic E-state index is 0.0574. The summed E-state index contributed by atoms with van der Waals surface area (Å²) in [5.41, 5.74) is 2.24. The Balaban J connectivity index is 1.95. The largest absolute Gasteiger partial charge is 0.508 e. The highest BCUT2D eigenvalue weighted by Crippen LogP contribution is 2.42. The molecule has 25 heavy (non-hydrogen) atoms. The van der Waals surface area contributed by atoms with Gasteiger partial charge in [0.1, 0.15) is 5.75 Å². The van der Waals surface area contributed by atoms with Gasteiger partial charge in [0.15, 0.2) is 0 Å². The van der Waals surface area contributed by atoms with Gasteiger partial charge in [-0.2, -0.15) is 0 Å². The summed E-state index contributed by atoms with van der Waals surface area (Å²) in [4.78, 5) is 2.52. The van der Waals surface area contributed by atoms with E-state index in [1.165, 1.54) is 30.2 Å². The molecule has 0 spiro atoms. The van der Waals surface area contributed by atoms with Gasteiger partial charge in [0, 0.05) is 10.0 Å². The first-order chi connectivity index (χ1) is 12.3. The number of piperidine rings is 1. The molecule has 1 unspecified atom stereocenters. The minimum absolute atomic E-state index is 0.0574. The van der Waals surface area contributed by atoms with Gasteiger partial charge in [-0.1, -0.05) is 70.9 Å². The van der Waals surface area contributed by atoms with Crippen LogP contribution in [0.5, 0.6) is 5.75 Å². The Hall–Kier alpha value is -1.84. The fraction of sp³-hybridized carbons (Fsp3) is 0.273. The van der Waals surface area contributed by atoms with Crippen LogP contribution in [0.3, 0.4) is 0 Å². The number of phenols is 1. The first-order valence-corrected chi connectivity index (χ1v) is 9.74. The zero-order valence-electron chi connectivity index (χ0n) is 14.2. The molecule has 0 saturated carbocycles. The van der Waals surface area contributed by atoms with Crippen molar-refractivity contribution < 1.29 is 5.11 Å². The molecule has 0 aliphatic carbocycles. The molecule has 1 saturated heterocycles. The van der Waals surface area contributed by atoms with Crippen molar-refractivity contribution in [1.29, 1.82) is 0 Å². The maximum atomic E-state index is 10.8. The number of benzene rings is 3. The highest BCUT2D eigenvalue weighted by molar-refractivity contribution is 9.10. The second-order valence-electron chi connectivity index (χ2n) is 6.74. The molecule has 4 rings (SSSR count). The molecule has 1 aliphatic rings. The zero-order valence-corrected chi connectivity index (χ0v) is 15.7. The van der Waals surface area contributed by atoms with Crippen LogP contribution in [0.2, 0.25) is 0 Å². The molecule has 1 aliphatic heterocycles. The van der Waals surface area contributed by atoms with E-state index in [2.05, 4.69) is 63.3 Å². The molecule has 1 heterocycles. The Morgan fingerprint density at radius 3 is 2.36 bits per heavy atom. The van der Waals surface area contributed by atoms with E-state index < -0.39 is 0 Å². The van der Waals surface area contributed by atoms with Crippen LogP contribution in [0, 0.1) is 0 Å². The predicted octanol–water partition coefficient (Wildman–Crippen LogP) is 5.88. The third-order valence-electron chi connectivity index (χ3n) is 5.18. The van der Waals surface area contributed by atoms with Gasteiger partial charge in [-0.25, -0.2) is 0 Å². The van der Waals surface area contributed by atoms with E-state index in [-0.39, 0.29) is 6.04 Å². The molecule has 0 radical (unpaired) electrons. The average Bonchev–Trinajstić information content (AvgIpc) is 2.66. The van der Waals surface area contributed by atoms with Crippen LogP contribution >= 0.6 is 15.9 Å². The summed E-state index contributed by atoms with van der Waals surface area (Å²) >= 11 is 3.74. The number of fused-ring (bicyclic) bond motifs is 1. The molecule has 3 aromatic carbocycles. The second kappa shape index (κ2) is 7.19. The highest BCUT2D eigenvalue weighted by Gasteiger charge is 2.29. The lowest BCUT2D eigenvalue weighted by Gasteiger charge is -2.36. The lowest BCUT2D eigenvalue weighted by atomic mass is 9.90. The van der Waals surface area contributed by atoms with Gasteiger partial charge in [-0.3, -0.25) is 4.90 Å². The molecule has 1 N–H and O–H groups in total. The summed E-state index contributed by atoms with van der Waals surface area (Å²) in [6, 6.07) is 20.6. The van der Waals surface area contributed by atoms with Gasteiger partial charge in [-0.15, -0.1) is 0 Å². The molecule has 1 fully saturated rings. The molecule has 3 aromatic rings. The smallest absolute Gasteiger partial charge is 0.121 e. The van der Waals surface area contributed by atoms with Crippen LogP contribution in [0.1, 0.15) is 36.4 Å². The van der Waals surface area contributed by atoms with E-state index in [0.717, 1.165) is 28.5 Å². The number of likely N-dealkylation sites (tertiary alicyclic amines) is 1. The Labute approximate surface area is 157 Å². The molecule has 1 atom stereocenters. The third-order valence-corrected chi connectivity index (χ3v) is 5.90. The van der Waals surface area contributed by atoms with Crippen molar-refractivity contribution in [3.8, 4) is 5.75 Å². The predicted molar refractivity (Wildman–Crippen MR) is 107 cm³/mol.